The number of anilines is 1. The number of amides is 1. The van der Waals surface area contributed by atoms with Gasteiger partial charge in [0.15, 0.2) is 9.84 Å². The van der Waals surface area contributed by atoms with Gasteiger partial charge in [0.25, 0.3) is 0 Å². The van der Waals surface area contributed by atoms with Gasteiger partial charge < -0.3 is 14.8 Å². The molecule has 1 aliphatic heterocycles. The molecular formula is C14H17NO5S. The molecule has 7 heteroatoms. The lowest BCUT2D eigenvalue weighted by Gasteiger charge is -2.12. The van der Waals surface area contributed by atoms with Gasteiger partial charge in [0, 0.05) is 23.8 Å². The lowest BCUT2D eigenvalue weighted by molar-refractivity contribution is -0.116. The van der Waals surface area contributed by atoms with Crippen molar-refractivity contribution in [1.82, 2.24) is 0 Å². The van der Waals surface area contributed by atoms with Crippen molar-refractivity contribution in [2.45, 2.75) is 6.42 Å². The van der Waals surface area contributed by atoms with Crippen molar-refractivity contribution in [3.63, 3.8) is 0 Å². The Kier molecular flexibility index (Phi) is 4.52. The molecule has 1 amide bonds. The van der Waals surface area contributed by atoms with Gasteiger partial charge >= 0.3 is 0 Å². The zero-order valence-electron chi connectivity index (χ0n) is 11.8. The third-order valence-electron chi connectivity index (χ3n) is 3.13. The Morgan fingerprint density at radius 3 is 2.67 bits per heavy atom. The number of hydrogen-bond donors (Lipinski definition) is 1. The molecule has 0 saturated heterocycles. The summed E-state index contributed by atoms with van der Waals surface area (Å²) in [5, 5.41) is 3.88. The van der Waals surface area contributed by atoms with Gasteiger partial charge in [-0.25, -0.2) is 8.42 Å². The molecule has 0 aliphatic carbocycles. The van der Waals surface area contributed by atoms with Gasteiger partial charge in [-0.05, 0) is 12.1 Å². The smallest absolute Gasteiger partial charge is 0.225 e. The fraction of sp³-hybridized carbons (Fsp3) is 0.357. The van der Waals surface area contributed by atoms with Crippen LogP contribution >= 0.6 is 0 Å². The molecule has 2 rings (SSSR count). The molecule has 6 nitrogen and oxygen atoms in total. The molecule has 1 N–H and O–H groups in total. The highest BCUT2D eigenvalue weighted by atomic mass is 32.2. The molecule has 0 radical (unpaired) electrons. The fourth-order valence-electron chi connectivity index (χ4n) is 2.12. The number of carbonyl (C=O) groups is 1. The summed E-state index contributed by atoms with van der Waals surface area (Å²) < 4.78 is 32.9. The van der Waals surface area contributed by atoms with Crippen LogP contribution in [-0.2, 0) is 14.6 Å². The van der Waals surface area contributed by atoms with Crippen molar-refractivity contribution in [3.05, 3.63) is 29.7 Å². The Morgan fingerprint density at radius 1 is 1.33 bits per heavy atom. The number of benzene rings is 1. The van der Waals surface area contributed by atoms with Gasteiger partial charge in [0.05, 0.1) is 25.7 Å². The van der Waals surface area contributed by atoms with Crippen molar-refractivity contribution in [3.8, 4) is 11.5 Å². The summed E-state index contributed by atoms with van der Waals surface area (Å²) in [6, 6.07) is 5.06. The summed E-state index contributed by atoms with van der Waals surface area (Å²) in [7, 11) is -0.110. The second kappa shape index (κ2) is 6.17. The Bertz CT molecular complexity index is 666. The predicted octanol–water partition coefficient (Wildman–Crippen LogP) is 1.59. The predicted molar refractivity (Wildman–Crippen MR) is 79.2 cm³/mol. The summed E-state index contributed by atoms with van der Waals surface area (Å²) in [5.74, 6) is 0.531. The molecule has 1 heterocycles. The van der Waals surface area contributed by atoms with Crippen LogP contribution in [0, 0.1) is 5.92 Å². The van der Waals surface area contributed by atoms with Gasteiger partial charge in [-0.3, -0.25) is 4.79 Å². The van der Waals surface area contributed by atoms with Gasteiger partial charge in [0.2, 0.25) is 5.91 Å². The first kappa shape index (κ1) is 15.4. The molecule has 1 aromatic carbocycles. The molecule has 1 aliphatic rings. The minimum atomic E-state index is -3.14. The normalized spacial score (nSPS) is 19.2. The first-order valence-electron chi connectivity index (χ1n) is 6.36. The highest BCUT2D eigenvalue weighted by Crippen LogP contribution is 2.29. The molecule has 21 heavy (non-hydrogen) atoms. The maximum absolute atomic E-state index is 12.0. The van der Waals surface area contributed by atoms with Crippen molar-refractivity contribution in [1.29, 1.82) is 0 Å². The van der Waals surface area contributed by atoms with E-state index in [1.807, 2.05) is 0 Å². The standard InChI is InChI=1S/C14H17NO5S/c1-19-11-3-4-13(20-2)12(8-11)15-14(16)7-10-5-6-21(17,18)9-10/h3-6,8,10H,7,9H2,1-2H3,(H,15,16). The van der Waals surface area contributed by atoms with Crippen LogP contribution in [0.15, 0.2) is 29.7 Å². The first-order chi connectivity index (χ1) is 9.93. The third-order valence-corrected chi connectivity index (χ3v) is 4.60. The summed E-state index contributed by atoms with van der Waals surface area (Å²) in [6.07, 6.45) is 1.66. The average molecular weight is 311 g/mol. The van der Waals surface area contributed by atoms with Gasteiger partial charge in [-0.15, -0.1) is 0 Å². The topological polar surface area (TPSA) is 81.7 Å². The number of carbonyl (C=O) groups excluding carboxylic acids is 1. The number of ether oxygens (including phenoxy) is 2. The second-order valence-electron chi connectivity index (χ2n) is 4.74. The van der Waals surface area contributed by atoms with E-state index in [0.29, 0.717) is 17.2 Å². The maximum Gasteiger partial charge on any atom is 0.225 e. The molecule has 1 aromatic rings. The molecule has 0 fully saturated rings. The van der Waals surface area contributed by atoms with Crippen LogP contribution in [0.25, 0.3) is 0 Å². The SMILES string of the molecule is COc1ccc(OC)c(NC(=O)CC2C=CS(=O)(=O)C2)c1. The van der Waals surface area contributed by atoms with Gasteiger partial charge in [-0.1, -0.05) is 6.08 Å². The lowest BCUT2D eigenvalue weighted by Crippen LogP contribution is -2.18. The van der Waals surface area contributed by atoms with Crippen LogP contribution in [0.4, 0.5) is 5.69 Å². The summed E-state index contributed by atoms with van der Waals surface area (Å²) in [4.78, 5) is 12.0. The van der Waals surface area contributed by atoms with Crippen LogP contribution in [0.2, 0.25) is 0 Å². The van der Waals surface area contributed by atoms with E-state index >= 15 is 0 Å². The zero-order chi connectivity index (χ0) is 15.5. The molecule has 0 saturated carbocycles. The van der Waals surface area contributed by atoms with E-state index in [9.17, 15) is 13.2 Å². The fourth-order valence-corrected chi connectivity index (χ4v) is 3.52. The number of allylic oxidation sites excluding steroid dienone is 1. The average Bonchev–Trinajstić information content (AvgIpc) is 2.77. The van der Waals surface area contributed by atoms with E-state index in [2.05, 4.69) is 5.32 Å². The summed E-state index contributed by atoms with van der Waals surface area (Å²) in [6.45, 7) is 0. The molecule has 1 unspecified atom stereocenters. The number of rotatable bonds is 5. The van der Waals surface area contributed by atoms with Crippen molar-refractivity contribution < 1.29 is 22.7 Å². The van der Waals surface area contributed by atoms with E-state index in [1.54, 1.807) is 24.3 Å². The van der Waals surface area contributed by atoms with Crippen molar-refractivity contribution >= 4 is 21.4 Å². The Labute approximate surface area is 123 Å². The molecule has 0 spiro atoms. The van der Waals surface area contributed by atoms with Crippen molar-refractivity contribution in [2.75, 3.05) is 25.3 Å². The monoisotopic (exact) mass is 311 g/mol. The first-order valence-corrected chi connectivity index (χ1v) is 8.08. The minimum absolute atomic E-state index is 0.0182. The quantitative estimate of drug-likeness (QED) is 0.893. The van der Waals surface area contributed by atoms with Crippen LogP contribution in [-0.4, -0.2) is 34.3 Å². The Balaban J connectivity index is 2.04. The molecule has 114 valence electrons. The molecule has 1 atom stereocenters. The number of hydrogen-bond acceptors (Lipinski definition) is 5. The zero-order valence-corrected chi connectivity index (χ0v) is 12.6. The Hall–Kier alpha value is -2.02. The van der Waals surface area contributed by atoms with Crippen LogP contribution < -0.4 is 14.8 Å². The lowest BCUT2D eigenvalue weighted by atomic mass is 10.1. The highest BCUT2D eigenvalue weighted by Gasteiger charge is 2.24. The van der Waals surface area contributed by atoms with E-state index in [-0.39, 0.29) is 24.0 Å². The number of methoxy groups -OCH3 is 2. The molecular weight excluding hydrogens is 294 g/mol. The largest absolute Gasteiger partial charge is 0.497 e. The van der Waals surface area contributed by atoms with E-state index < -0.39 is 9.84 Å². The highest BCUT2D eigenvalue weighted by molar-refractivity contribution is 7.94. The van der Waals surface area contributed by atoms with Gasteiger partial charge in [0.1, 0.15) is 11.5 Å². The summed E-state index contributed by atoms with van der Waals surface area (Å²) >= 11 is 0. The van der Waals surface area contributed by atoms with Crippen molar-refractivity contribution in [2.24, 2.45) is 5.92 Å². The van der Waals surface area contributed by atoms with E-state index in [1.165, 1.54) is 14.2 Å². The van der Waals surface area contributed by atoms with E-state index in [0.717, 1.165) is 5.41 Å². The van der Waals surface area contributed by atoms with Gasteiger partial charge in [-0.2, -0.15) is 0 Å². The molecule has 0 bridgehead atoms. The summed E-state index contributed by atoms with van der Waals surface area (Å²) in [5.41, 5.74) is 0.492. The maximum atomic E-state index is 12.0. The minimum Gasteiger partial charge on any atom is -0.497 e. The van der Waals surface area contributed by atoms with E-state index in [4.69, 9.17) is 9.47 Å². The number of sulfone groups is 1. The second-order valence-corrected chi connectivity index (χ2v) is 6.67. The third kappa shape index (κ3) is 3.98. The van der Waals surface area contributed by atoms with Crippen LogP contribution in [0.3, 0.4) is 0 Å². The van der Waals surface area contributed by atoms with Crippen LogP contribution in [0.1, 0.15) is 6.42 Å². The van der Waals surface area contributed by atoms with Crippen LogP contribution in [0.5, 0.6) is 11.5 Å². The molecule has 0 aromatic heterocycles. The Morgan fingerprint density at radius 2 is 2.10 bits per heavy atom. The number of nitrogens with one attached hydrogen (secondary N) is 1.